The molecule has 2 unspecified atom stereocenters. The smallest absolute Gasteiger partial charge is 0.309 e. The Morgan fingerprint density at radius 1 is 1.53 bits per heavy atom. The van der Waals surface area contributed by atoms with Gasteiger partial charge in [0.2, 0.25) is 5.91 Å². The standard InChI is InChI=1S/C13H19N3O3/c1-3-7-16-10(5-6-14-16)12-9(13(18)19)8-11(17)15(12)4-2/h5-6,9,12H,3-4,7-8H2,1-2H3,(H,18,19). The molecule has 104 valence electrons. The summed E-state index contributed by atoms with van der Waals surface area (Å²) in [6.07, 6.45) is 2.66. The first-order chi connectivity index (χ1) is 9.10. The van der Waals surface area contributed by atoms with Crippen molar-refractivity contribution in [1.82, 2.24) is 14.7 Å². The number of aryl methyl sites for hydroxylation is 1. The van der Waals surface area contributed by atoms with Gasteiger partial charge in [-0.3, -0.25) is 14.3 Å². The molecule has 6 heteroatoms. The average molecular weight is 265 g/mol. The first-order valence-corrected chi connectivity index (χ1v) is 6.64. The van der Waals surface area contributed by atoms with Gasteiger partial charge in [-0.15, -0.1) is 0 Å². The molecule has 1 aliphatic rings. The monoisotopic (exact) mass is 265 g/mol. The van der Waals surface area contributed by atoms with E-state index in [2.05, 4.69) is 5.10 Å². The van der Waals surface area contributed by atoms with E-state index in [0.717, 1.165) is 18.7 Å². The first-order valence-electron chi connectivity index (χ1n) is 6.64. The number of carboxylic acids is 1. The summed E-state index contributed by atoms with van der Waals surface area (Å²) in [6, 6.07) is 1.42. The van der Waals surface area contributed by atoms with Crippen LogP contribution in [0.4, 0.5) is 0 Å². The highest BCUT2D eigenvalue weighted by molar-refractivity contribution is 5.87. The molecule has 2 heterocycles. The van der Waals surface area contributed by atoms with Gasteiger partial charge in [0, 0.05) is 25.7 Å². The molecule has 0 spiro atoms. The van der Waals surface area contributed by atoms with Gasteiger partial charge in [-0.05, 0) is 19.4 Å². The van der Waals surface area contributed by atoms with Gasteiger partial charge in [0.05, 0.1) is 17.7 Å². The maximum atomic E-state index is 11.9. The van der Waals surface area contributed by atoms with E-state index in [9.17, 15) is 14.7 Å². The van der Waals surface area contributed by atoms with Crippen LogP contribution in [-0.2, 0) is 16.1 Å². The third-order valence-corrected chi connectivity index (χ3v) is 3.58. The van der Waals surface area contributed by atoms with Crippen LogP contribution in [0.25, 0.3) is 0 Å². The fourth-order valence-corrected chi connectivity index (χ4v) is 2.74. The molecule has 19 heavy (non-hydrogen) atoms. The molecule has 0 aromatic carbocycles. The van der Waals surface area contributed by atoms with Crippen LogP contribution in [0.5, 0.6) is 0 Å². The topological polar surface area (TPSA) is 75.4 Å². The van der Waals surface area contributed by atoms with E-state index >= 15 is 0 Å². The number of carbonyl (C=O) groups is 2. The van der Waals surface area contributed by atoms with Crippen molar-refractivity contribution >= 4 is 11.9 Å². The van der Waals surface area contributed by atoms with Crippen molar-refractivity contribution in [3.8, 4) is 0 Å². The van der Waals surface area contributed by atoms with E-state index in [1.54, 1.807) is 11.1 Å². The molecule has 0 aliphatic carbocycles. The molecule has 1 aromatic heterocycles. The van der Waals surface area contributed by atoms with Gasteiger partial charge in [0.25, 0.3) is 0 Å². The van der Waals surface area contributed by atoms with E-state index < -0.39 is 17.9 Å². The minimum atomic E-state index is -0.918. The Morgan fingerprint density at radius 3 is 2.84 bits per heavy atom. The highest BCUT2D eigenvalue weighted by Gasteiger charge is 2.45. The number of likely N-dealkylation sites (tertiary alicyclic amines) is 1. The summed E-state index contributed by atoms with van der Waals surface area (Å²) in [5, 5.41) is 13.5. The molecule has 0 radical (unpaired) electrons. The molecule has 2 rings (SSSR count). The first kappa shape index (κ1) is 13.6. The summed E-state index contributed by atoms with van der Waals surface area (Å²) >= 11 is 0. The van der Waals surface area contributed by atoms with Crippen molar-refractivity contribution in [3.05, 3.63) is 18.0 Å². The van der Waals surface area contributed by atoms with Gasteiger partial charge < -0.3 is 10.0 Å². The number of rotatable bonds is 5. The van der Waals surface area contributed by atoms with E-state index in [1.807, 2.05) is 24.6 Å². The molecule has 1 N–H and O–H groups in total. The van der Waals surface area contributed by atoms with Crippen LogP contribution in [0.1, 0.15) is 38.4 Å². The van der Waals surface area contributed by atoms with Crippen molar-refractivity contribution in [2.45, 2.75) is 39.3 Å². The number of carbonyl (C=O) groups excluding carboxylic acids is 1. The largest absolute Gasteiger partial charge is 0.481 e. The van der Waals surface area contributed by atoms with Crippen LogP contribution in [0, 0.1) is 5.92 Å². The normalized spacial score (nSPS) is 23.1. The van der Waals surface area contributed by atoms with Crippen LogP contribution >= 0.6 is 0 Å². The van der Waals surface area contributed by atoms with Crippen LogP contribution in [0.15, 0.2) is 12.3 Å². The number of aromatic nitrogens is 2. The van der Waals surface area contributed by atoms with Crippen molar-refractivity contribution in [2.75, 3.05) is 6.54 Å². The maximum absolute atomic E-state index is 11.9. The van der Waals surface area contributed by atoms with Crippen molar-refractivity contribution in [3.63, 3.8) is 0 Å². The maximum Gasteiger partial charge on any atom is 0.309 e. The number of hydrogen-bond donors (Lipinski definition) is 1. The Balaban J connectivity index is 2.39. The number of nitrogens with zero attached hydrogens (tertiary/aromatic N) is 3. The molecule has 1 amide bonds. The number of carboxylic acid groups (broad SMARTS) is 1. The lowest BCUT2D eigenvalue weighted by Gasteiger charge is -2.26. The van der Waals surface area contributed by atoms with E-state index in [-0.39, 0.29) is 12.3 Å². The fraction of sp³-hybridized carbons (Fsp3) is 0.615. The molecule has 1 aromatic rings. The summed E-state index contributed by atoms with van der Waals surface area (Å²) in [7, 11) is 0. The zero-order valence-corrected chi connectivity index (χ0v) is 11.2. The Morgan fingerprint density at radius 2 is 2.26 bits per heavy atom. The van der Waals surface area contributed by atoms with Crippen molar-refractivity contribution in [2.24, 2.45) is 5.92 Å². The SMILES string of the molecule is CCCn1nccc1C1C(C(=O)O)CC(=O)N1CC. The minimum absolute atomic E-state index is 0.0745. The summed E-state index contributed by atoms with van der Waals surface area (Å²) < 4.78 is 1.81. The highest BCUT2D eigenvalue weighted by atomic mass is 16.4. The van der Waals surface area contributed by atoms with Gasteiger partial charge in [0.1, 0.15) is 0 Å². The summed E-state index contributed by atoms with van der Waals surface area (Å²) in [4.78, 5) is 24.9. The molecule has 0 saturated carbocycles. The zero-order chi connectivity index (χ0) is 14.0. The number of aliphatic carboxylic acids is 1. The predicted molar refractivity (Wildman–Crippen MR) is 68.4 cm³/mol. The second kappa shape index (κ2) is 5.42. The van der Waals surface area contributed by atoms with Crippen molar-refractivity contribution in [1.29, 1.82) is 0 Å². The molecular weight excluding hydrogens is 246 g/mol. The molecule has 1 saturated heterocycles. The number of amides is 1. The lowest BCUT2D eigenvalue weighted by Crippen LogP contribution is -2.32. The Bertz CT molecular complexity index is 483. The van der Waals surface area contributed by atoms with Gasteiger partial charge in [0.15, 0.2) is 0 Å². The quantitative estimate of drug-likeness (QED) is 0.870. The third-order valence-electron chi connectivity index (χ3n) is 3.58. The predicted octanol–water partition coefficient (Wildman–Crippen LogP) is 1.29. The van der Waals surface area contributed by atoms with Crippen LogP contribution in [-0.4, -0.2) is 38.2 Å². The van der Waals surface area contributed by atoms with E-state index in [4.69, 9.17) is 0 Å². The van der Waals surface area contributed by atoms with Gasteiger partial charge >= 0.3 is 5.97 Å². The Hall–Kier alpha value is -1.85. The number of hydrogen-bond acceptors (Lipinski definition) is 3. The Labute approximate surface area is 112 Å². The van der Waals surface area contributed by atoms with Gasteiger partial charge in [-0.1, -0.05) is 6.92 Å². The average Bonchev–Trinajstić information content (AvgIpc) is 2.93. The van der Waals surface area contributed by atoms with E-state index in [0.29, 0.717) is 6.54 Å². The molecule has 2 atom stereocenters. The van der Waals surface area contributed by atoms with Gasteiger partial charge in [-0.25, -0.2) is 0 Å². The van der Waals surface area contributed by atoms with Crippen LogP contribution in [0.3, 0.4) is 0 Å². The fourth-order valence-electron chi connectivity index (χ4n) is 2.74. The molecule has 1 fully saturated rings. The molecule has 1 aliphatic heterocycles. The second-order valence-electron chi connectivity index (χ2n) is 4.75. The summed E-state index contributed by atoms with van der Waals surface area (Å²) in [6.45, 7) is 5.16. The third kappa shape index (κ3) is 2.34. The lowest BCUT2D eigenvalue weighted by atomic mass is 9.97. The zero-order valence-electron chi connectivity index (χ0n) is 11.2. The molecular formula is C13H19N3O3. The second-order valence-corrected chi connectivity index (χ2v) is 4.75. The minimum Gasteiger partial charge on any atom is -0.481 e. The summed E-state index contributed by atoms with van der Waals surface area (Å²) in [5.41, 5.74) is 0.821. The summed E-state index contributed by atoms with van der Waals surface area (Å²) in [5.74, 6) is -1.69. The Kier molecular flexibility index (Phi) is 3.87. The molecule has 6 nitrogen and oxygen atoms in total. The van der Waals surface area contributed by atoms with Crippen LogP contribution in [0.2, 0.25) is 0 Å². The van der Waals surface area contributed by atoms with Gasteiger partial charge in [-0.2, -0.15) is 5.10 Å². The van der Waals surface area contributed by atoms with Crippen LogP contribution < -0.4 is 0 Å². The lowest BCUT2D eigenvalue weighted by molar-refractivity contribution is -0.142. The highest BCUT2D eigenvalue weighted by Crippen LogP contribution is 2.37. The molecule has 0 bridgehead atoms. The van der Waals surface area contributed by atoms with Crippen molar-refractivity contribution < 1.29 is 14.7 Å². The van der Waals surface area contributed by atoms with E-state index in [1.165, 1.54) is 0 Å².